The van der Waals surface area contributed by atoms with Crippen LogP contribution in [0.15, 0.2) is 34.4 Å². The van der Waals surface area contributed by atoms with Gasteiger partial charge in [-0.15, -0.1) is 11.3 Å². The van der Waals surface area contributed by atoms with Crippen molar-refractivity contribution in [3.05, 3.63) is 78.6 Å². The highest BCUT2D eigenvalue weighted by Gasteiger charge is 2.18. The Balaban J connectivity index is 1.35. The van der Waals surface area contributed by atoms with E-state index in [2.05, 4.69) is 15.3 Å². The minimum Gasteiger partial charge on any atom is -0.455 e. The van der Waals surface area contributed by atoms with Gasteiger partial charge in [0.15, 0.2) is 0 Å². The number of carbonyl (C=O) groups excluding carboxylic acids is 2. The smallest absolute Gasteiger partial charge is 0.344 e. The minimum absolute atomic E-state index is 0.0269. The van der Waals surface area contributed by atoms with E-state index < -0.39 is 11.5 Å². The Morgan fingerprint density at radius 2 is 1.97 bits per heavy atom. The van der Waals surface area contributed by atoms with Crippen molar-refractivity contribution >= 4 is 28.9 Å². The molecule has 4 rings (SSSR count). The highest BCUT2D eigenvalue weighted by atomic mass is 32.1. The van der Waals surface area contributed by atoms with Gasteiger partial charge in [0.25, 0.3) is 5.56 Å². The van der Waals surface area contributed by atoms with E-state index in [1.54, 1.807) is 11.4 Å². The number of benzene rings is 1. The normalized spacial score (nSPS) is 13.2. The van der Waals surface area contributed by atoms with Gasteiger partial charge in [-0.1, -0.05) is 18.6 Å². The molecule has 2 N–H and O–H groups in total. The fraction of sp³-hybridized carbons (Fsp3) is 0.360. The highest BCUT2D eigenvalue weighted by Crippen LogP contribution is 2.20. The van der Waals surface area contributed by atoms with E-state index >= 15 is 0 Å². The Labute approximate surface area is 196 Å². The Hall–Kier alpha value is -3.26. The molecule has 3 aromatic rings. The van der Waals surface area contributed by atoms with Crippen molar-refractivity contribution in [2.45, 2.75) is 59.0 Å². The second kappa shape index (κ2) is 10.1. The van der Waals surface area contributed by atoms with Crippen LogP contribution in [0.2, 0.25) is 0 Å². The Bertz CT molecular complexity index is 1240. The van der Waals surface area contributed by atoms with Gasteiger partial charge in [-0.05, 0) is 68.4 Å². The molecule has 33 heavy (non-hydrogen) atoms. The summed E-state index contributed by atoms with van der Waals surface area (Å²) in [6.45, 7) is 3.87. The van der Waals surface area contributed by atoms with E-state index in [1.807, 2.05) is 32.0 Å². The number of ether oxygens (including phenoxy) is 1. The Morgan fingerprint density at radius 1 is 1.15 bits per heavy atom. The molecule has 1 aliphatic carbocycles. The minimum atomic E-state index is -0.662. The van der Waals surface area contributed by atoms with Crippen LogP contribution in [0.1, 0.15) is 62.7 Å². The molecule has 1 aliphatic rings. The maximum absolute atomic E-state index is 12.5. The molecule has 0 saturated heterocycles. The van der Waals surface area contributed by atoms with E-state index in [-0.39, 0.29) is 24.5 Å². The Kier molecular flexibility index (Phi) is 7.03. The average Bonchev–Trinajstić information content (AvgIpc) is 3.09. The van der Waals surface area contributed by atoms with E-state index in [0.29, 0.717) is 10.7 Å². The van der Waals surface area contributed by atoms with Crippen LogP contribution in [0, 0.1) is 13.8 Å². The van der Waals surface area contributed by atoms with Crippen LogP contribution in [0.3, 0.4) is 0 Å². The summed E-state index contributed by atoms with van der Waals surface area (Å²) < 4.78 is 5.34. The van der Waals surface area contributed by atoms with E-state index in [1.165, 1.54) is 11.3 Å². The molecular formula is C25H27N3O4S. The number of H-pyrrole nitrogens is 1. The lowest BCUT2D eigenvalue weighted by molar-refractivity contribution is -0.115. The number of rotatable bonds is 6. The number of thiazole rings is 1. The predicted octanol–water partition coefficient (Wildman–Crippen LogP) is 4.26. The third-order valence-corrected chi connectivity index (χ3v) is 6.64. The summed E-state index contributed by atoms with van der Waals surface area (Å²) in [5.41, 5.74) is 4.96. The largest absolute Gasteiger partial charge is 0.455 e. The summed E-state index contributed by atoms with van der Waals surface area (Å²) in [5, 5.41) is 5.31. The second-order valence-electron chi connectivity index (χ2n) is 8.43. The lowest BCUT2D eigenvalue weighted by atomic mass is 10.1. The number of amides is 1. The molecule has 0 aliphatic heterocycles. The molecule has 0 saturated carbocycles. The fourth-order valence-corrected chi connectivity index (χ4v) is 4.70. The van der Waals surface area contributed by atoms with Crippen molar-refractivity contribution in [3.8, 4) is 0 Å². The first-order chi connectivity index (χ1) is 15.9. The fourth-order valence-electron chi connectivity index (χ4n) is 3.92. The summed E-state index contributed by atoms with van der Waals surface area (Å²) in [6.07, 6.45) is 5.03. The quantitative estimate of drug-likeness (QED) is 0.419. The number of anilines is 1. The molecular weight excluding hydrogens is 438 g/mol. The summed E-state index contributed by atoms with van der Waals surface area (Å²) in [5.74, 6) is -0.816. The van der Waals surface area contributed by atoms with Gasteiger partial charge in [0, 0.05) is 16.8 Å². The zero-order chi connectivity index (χ0) is 23.4. The van der Waals surface area contributed by atoms with Crippen molar-refractivity contribution < 1.29 is 14.3 Å². The van der Waals surface area contributed by atoms with Crippen LogP contribution in [0.25, 0.3) is 0 Å². The number of aryl methyl sites for hydroxylation is 4. The zero-order valence-corrected chi connectivity index (χ0v) is 19.6. The molecule has 7 nitrogen and oxygen atoms in total. The average molecular weight is 466 g/mol. The lowest BCUT2D eigenvalue weighted by Crippen LogP contribution is -2.22. The maximum atomic E-state index is 12.5. The number of pyridine rings is 1. The molecule has 0 fully saturated rings. The van der Waals surface area contributed by atoms with Gasteiger partial charge in [-0.2, -0.15) is 0 Å². The SMILES string of the molecule is Cc1ccc(C)c(NC(=O)Cc2nc(COC(=O)c3cc4c([nH]c3=O)CCCCC4)cs2)c1. The van der Waals surface area contributed by atoms with Crippen molar-refractivity contribution in [1.29, 1.82) is 0 Å². The van der Waals surface area contributed by atoms with Crippen molar-refractivity contribution in [2.75, 3.05) is 5.32 Å². The van der Waals surface area contributed by atoms with Gasteiger partial charge >= 0.3 is 5.97 Å². The molecule has 1 amide bonds. The summed E-state index contributed by atoms with van der Waals surface area (Å²) in [6, 6.07) is 7.57. The van der Waals surface area contributed by atoms with Crippen molar-refractivity contribution in [1.82, 2.24) is 9.97 Å². The van der Waals surface area contributed by atoms with Gasteiger partial charge in [-0.25, -0.2) is 9.78 Å². The van der Waals surface area contributed by atoms with Gasteiger partial charge in [0.1, 0.15) is 17.2 Å². The first kappa shape index (κ1) is 22.9. The van der Waals surface area contributed by atoms with Crippen LogP contribution in [-0.2, 0) is 35.4 Å². The number of nitrogens with one attached hydrogen (secondary N) is 2. The molecule has 2 heterocycles. The van der Waals surface area contributed by atoms with Crippen LogP contribution >= 0.6 is 11.3 Å². The molecule has 172 valence electrons. The molecule has 0 atom stereocenters. The third kappa shape index (κ3) is 5.76. The number of esters is 1. The molecule has 1 aromatic carbocycles. The Morgan fingerprint density at radius 3 is 2.82 bits per heavy atom. The lowest BCUT2D eigenvalue weighted by Gasteiger charge is -2.08. The van der Waals surface area contributed by atoms with E-state index in [0.717, 1.165) is 60.2 Å². The number of fused-ring (bicyclic) bond motifs is 1. The van der Waals surface area contributed by atoms with Crippen molar-refractivity contribution in [3.63, 3.8) is 0 Å². The van der Waals surface area contributed by atoms with Crippen LogP contribution < -0.4 is 10.9 Å². The first-order valence-corrected chi connectivity index (χ1v) is 12.0. The van der Waals surface area contributed by atoms with Gasteiger partial charge in [-0.3, -0.25) is 9.59 Å². The highest BCUT2D eigenvalue weighted by molar-refractivity contribution is 7.09. The molecule has 2 aromatic heterocycles. The maximum Gasteiger partial charge on any atom is 0.344 e. The van der Waals surface area contributed by atoms with E-state index in [4.69, 9.17) is 4.74 Å². The molecule has 0 radical (unpaired) electrons. The van der Waals surface area contributed by atoms with Gasteiger partial charge in [0.05, 0.1) is 12.1 Å². The van der Waals surface area contributed by atoms with Crippen LogP contribution in [0.5, 0.6) is 0 Å². The number of nitrogens with zero attached hydrogens (tertiary/aromatic N) is 1. The summed E-state index contributed by atoms with van der Waals surface area (Å²) >= 11 is 1.34. The predicted molar refractivity (Wildman–Crippen MR) is 128 cm³/mol. The number of hydrogen-bond acceptors (Lipinski definition) is 6. The first-order valence-electron chi connectivity index (χ1n) is 11.1. The van der Waals surface area contributed by atoms with Gasteiger partial charge in [0.2, 0.25) is 5.91 Å². The second-order valence-corrected chi connectivity index (χ2v) is 9.37. The van der Waals surface area contributed by atoms with Gasteiger partial charge < -0.3 is 15.0 Å². The molecule has 0 spiro atoms. The number of aromatic amines is 1. The topological polar surface area (TPSA) is 101 Å². The number of hydrogen-bond donors (Lipinski definition) is 2. The molecule has 8 heteroatoms. The summed E-state index contributed by atoms with van der Waals surface area (Å²) in [7, 11) is 0. The number of carbonyl (C=O) groups is 2. The standard InChI is InChI=1S/C25H27N3O4S/c1-15-8-9-16(2)21(10-15)27-22(29)12-23-26-18(14-33-23)13-32-25(31)19-11-17-6-4-3-5-7-20(17)28-24(19)30/h8-11,14H,3-7,12-13H2,1-2H3,(H,27,29)(H,28,30). The summed E-state index contributed by atoms with van der Waals surface area (Å²) in [4.78, 5) is 44.6. The van der Waals surface area contributed by atoms with Crippen LogP contribution in [0.4, 0.5) is 5.69 Å². The van der Waals surface area contributed by atoms with E-state index in [9.17, 15) is 14.4 Å². The van der Waals surface area contributed by atoms with Crippen LogP contribution in [-0.4, -0.2) is 21.8 Å². The molecule has 0 unspecified atom stereocenters. The monoisotopic (exact) mass is 465 g/mol. The van der Waals surface area contributed by atoms with Crippen molar-refractivity contribution in [2.24, 2.45) is 0 Å². The third-order valence-electron chi connectivity index (χ3n) is 5.74. The molecule has 0 bridgehead atoms. The zero-order valence-electron chi connectivity index (χ0n) is 18.8. The number of aromatic nitrogens is 2.